The Morgan fingerprint density at radius 1 is 0.923 bits per heavy atom. The quantitative estimate of drug-likeness (QED) is 0.605. The first-order chi connectivity index (χ1) is 12.0. The Morgan fingerprint density at radius 2 is 1.54 bits per heavy atom. The fraction of sp³-hybridized carbons (Fsp3) is 0.952. The molecule has 0 amide bonds. The zero-order valence-corrected chi connectivity index (χ0v) is 17.7. The maximum absolute atomic E-state index is 12.7. The van der Waals surface area contributed by atoms with Gasteiger partial charge in [-0.1, -0.05) is 0 Å². The van der Waals surface area contributed by atoms with Gasteiger partial charge in [0.1, 0.15) is 5.78 Å². The summed E-state index contributed by atoms with van der Waals surface area (Å²) in [7, 11) is 0. The van der Waals surface area contributed by atoms with Crippen LogP contribution in [0.15, 0.2) is 0 Å². The van der Waals surface area contributed by atoms with Gasteiger partial charge in [-0.05, 0) is 73.6 Å². The molecule has 5 nitrogen and oxygen atoms in total. The van der Waals surface area contributed by atoms with Crippen molar-refractivity contribution in [3.63, 3.8) is 0 Å². The topological polar surface area (TPSA) is 48.0 Å². The lowest BCUT2D eigenvalue weighted by atomic mass is 9.73. The Bertz CT molecular complexity index is 438. The zero-order chi connectivity index (χ0) is 19.4. The summed E-state index contributed by atoms with van der Waals surface area (Å²) < 4.78 is 11.7. The Morgan fingerprint density at radius 3 is 2.08 bits per heavy atom. The molecule has 0 radical (unpaired) electrons. The van der Waals surface area contributed by atoms with Crippen LogP contribution in [0.3, 0.4) is 0 Å². The number of carbonyl (C=O) groups is 1. The second kappa shape index (κ2) is 9.13. The average molecular weight is 370 g/mol. The molecule has 0 aromatic heterocycles. The van der Waals surface area contributed by atoms with E-state index in [1.807, 2.05) is 5.06 Å². The van der Waals surface area contributed by atoms with Gasteiger partial charge in [0.05, 0.1) is 23.9 Å². The molecule has 0 N–H and O–H groups in total. The third kappa shape index (κ3) is 7.63. The molecule has 2 rings (SSSR count). The van der Waals surface area contributed by atoms with Gasteiger partial charge < -0.3 is 9.47 Å². The van der Waals surface area contributed by atoms with Gasteiger partial charge in [-0.2, -0.15) is 5.06 Å². The molecule has 0 aromatic carbocycles. The Kier molecular flexibility index (Phi) is 7.66. The number of rotatable bonds is 8. The predicted octanol–water partition coefficient (Wildman–Crippen LogP) is 4.00. The molecule has 1 saturated heterocycles. The molecule has 152 valence electrons. The minimum atomic E-state index is -0.112. The normalized spacial score (nSPS) is 25.9. The SMILES string of the molecule is CC(C)(C)OCCCON1CCC(C(=O)C2CC(OC(C)(C)C)C2)CC1. The third-order valence-corrected chi connectivity index (χ3v) is 4.97. The van der Waals surface area contributed by atoms with Gasteiger partial charge in [0.15, 0.2) is 0 Å². The van der Waals surface area contributed by atoms with Crippen LogP contribution in [0, 0.1) is 11.8 Å². The van der Waals surface area contributed by atoms with Gasteiger partial charge in [0, 0.05) is 31.5 Å². The molecule has 0 atom stereocenters. The van der Waals surface area contributed by atoms with Crippen LogP contribution in [0.2, 0.25) is 0 Å². The first-order valence-electron chi connectivity index (χ1n) is 10.3. The maximum Gasteiger partial charge on any atom is 0.139 e. The van der Waals surface area contributed by atoms with Crippen molar-refractivity contribution < 1.29 is 19.1 Å². The van der Waals surface area contributed by atoms with Crippen molar-refractivity contribution in [2.75, 3.05) is 26.3 Å². The first-order valence-corrected chi connectivity index (χ1v) is 10.3. The number of nitrogens with zero attached hydrogens (tertiary/aromatic N) is 1. The molecule has 0 bridgehead atoms. The molecule has 1 heterocycles. The van der Waals surface area contributed by atoms with Crippen LogP contribution in [-0.4, -0.2) is 54.5 Å². The van der Waals surface area contributed by atoms with Gasteiger partial charge in [-0.15, -0.1) is 0 Å². The molecular formula is C21H39NO4. The lowest BCUT2D eigenvalue weighted by Crippen LogP contribution is -2.45. The molecule has 1 aliphatic carbocycles. The predicted molar refractivity (Wildman–Crippen MR) is 103 cm³/mol. The van der Waals surface area contributed by atoms with Crippen LogP contribution < -0.4 is 0 Å². The van der Waals surface area contributed by atoms with Gasteiger partial charge in [0.2, 0.25) is 0 Å². The van der Waals surface area contributed by atoms with Crippen molar-refractivity contribution in [2.24, 2.45) is 11.8 Å². The summed E-state index contributed by atoms with van der Waals surface area (Å²) in [6.45, 7) is 15.5. The number of piperidine rings is 1. The van der Waals surface area contributed by atoms with E-state index in [4.69, 9.17) is 14.3 Å². The monoisotopic (exact) mass is 369 g/mol. The van der Waals surface area contributed by atoms with E-state index in [0.29, 0.717) is 12.4 Å². The van der Waals surface area contributed by atoms with Gasteiger partial charge in [-0.3, -0.25) is 9.63 Å². The van der Waals surface area contributed by atoms with E-state index < -0.39 is 0 Å². The third-order valence-electron chi connectivity index (χ3n) is 4.97. The molecule has 5 heteroatoms. The van der Waals surface area contributed by atoms with E-state index in [9.17, 15) is 4.79 Å². The van der Waals surface area contributed by atoms with Crippen molar-refractivity contribution in [1.29, 1.82) is 0 Å². The zero-order valence-electron chi connectivity index (χ0n) is 17.7. The molecule has 1 saturated carbocycles. The van der Waals surface area contributed by atoms with Crippen molar-refractivity contribution in [3.8, 4) is 0 Å². The van der Waals surface area contributed by atoms with Crippen molar-refractivity contribution in [2.45, 2.75) is 91.0 Å². The highest BCUT2D eigenvalue weighted by atomic mass is 16.7. The van der Waals surface area contributed by atoms with Crippen molar-refractivity contribution >= 4 is 5.78 Å². The lowest BCUT2D eigenvalue weighted by Gasteiger charge is -2.40. The van der Waals surface area contributed by atoms with Crippen LogP contribution in [0.4, 0.5) is 0 Å². The fourth-order valence-corrected chi connectivity index (χ4v) is 3.63. The minimum Gasteiger partial charge on any atom is -0.376 e. The summed E-state index contributed by atoms with van der Waals surface area (Å²) in [5.41, 5.74) is -0.198. The number of Topliss-reactive ketones (excluding diaryl/α,β-unsaturated/α-hetero) is 1. The Labute approximate surface area is 159 Å². The number of hydrogen-bond acceptors (Lipinski definition) is 5. The summed E-state index contributed by atoms with van der Waals surface area (Å²) in [5.74, 6) is 0.881. The van der Waals surface area contributed by atoms with Gasteiger partial charge in [-0.25, -0.2) is 0 Å². The smallest absolute Gasteiger partial charge is 0.139 e. The van der Waals surface area contributed by atoms with Crippen LogP contribution in [-0.2, 0) is 19.1 Å². The van der Waals surface area contributed by atoms with E-state index in [-0.39, 0.29) is 29.1 Å². The van der Waals surface area contributed by atoms with E-state index in [1.165, 1.54) is 0 Å². The number of ketones is 1. The second-order valence-corrected chi connectivity index (χ2v) is 9.77. The molecule has 26 heavy (non-hydrogen) atoms. The summed E-state index contributed by atoms with van der Waals surface area (Å²) in [6, 6.07) is 0. The highest BCUT2D eigenvalue weighted by Gasteiger charge is 2.40. The number of ether oxygens (including phenoxy) is 2. The van der Waals surface area contributed by atoms with Crippen LogP contribution in [0.25, 0.3) is 0 Å². The van der Waals surface area contributed by atoms with Crippen LogP contribution in [0.1, 0.15) is 73.6 Å². The van der Waals surface area contributed by atoms with E-state index >= 15 is 0 Å². The van der Waals surface area contributed by atoms with E-state index in [1.54, 1.807) is 0 Å². The number of hydrogen-bond donors (Lipinski definition) is 0. The molecular weight excluding hydrogens is 330 g/mol. The first kappa shape index (κ1) is 21.8. The highest BCUT2D eigenvalue weighted by molar-refractivity contribution is 5.84. The maximum atomic E-state index is 12.7. The van der Waals surface area contributed by atoms with Crippen LogP contribution >= 0.6 is 0 Å². The highest BCUT2D eigenvalue weighted by Crippen LogP contribution is 2.37. The molecule has 0 aromatic rings. The summed E-state index contributed by atoms with van der Waals surface area (Å²) in [5, 5.41) is 2.02. The molecule has 1 aliphatic heterocycles. The fourth-order valence-electron chi connectivity index (χ4n) is 3.63. The van der Waals surface area contributed by atoms with Crippen molar-refractivity contribution in [3.05, 3.63) is 0 Å². The summed E-state index contributed by atoms with van der Waals surface area (Å²) in [6.07, 6.45) is 4.80. The van der Waals surface area contributed by atoms with Gasteiger partial charge in [0.25, 0.3) is 0 Å². The number of carbonyl (C=O) groups excluding carboxylic acids is 1. The minimum absolute atomic E-state index is 0.0861. The van der Waals surface area contributed by atoms with Crippen LogP contribution in [0.5, 0.6) is 0 Å². The Hall–Kier alpha value is -0.490. The number of hydroxylamine groups is 2. The lowest BCUT2D eigenvalue weighted by molar-refractivity contribution is -0.181. The Balaban J connectivity index is 1.56. The van der Waals surface area contributed by atoms with Crippen molar-refractivity contribution in [1.82, 2.24) is 5.06 Å². The molecule has 2 fully saturated rings. The average Bonchev–Trinajstić information content (AvgIpc) is 2.48. The van der Waals surface area contributed by atoms with E-state index in [2.05, 4.69) is 41.5 Å². The second-order valence-electron chi connectivity index (χ2n) is 9.77. The summed E-state index contributed by atoms with van der Waals surface area (Å²) in [4.78, 5) is 18.5. The van der Waals surface area contributed by atoms with Gasteiger partial charge >= 0.3 is 0 Å². The molecule has 2 aliphatic rings. The largest absolute Gasteiger partial charge is 0.376 e. The summed E-state index contributed by atoms with van der Waals surface area (Å²) >= 11 is 0. The standard InChI is InChI=1S/C21H39NO4/c1-20(2,3)24-12-7-13-25-22-10-8-16(9-11-22)19(23)17-14-18(15-17)26-21(4,5)6/h16-18H,7-15H2,1-6H3. The molecule has 0 spiro atoms. The van der Waals surface area contributed by atoms with E-state index in [0.717, 1.165) is 51.8 Å². The molecule has 0 unspecified atom stereocenters.